The number of nitrogen functional groups attached to an aromatic ring is 1. The number of nitrogens with one attached hydrogen (secondary N) is 1. The molecule has 0 bridgehead atoms. The van der Waals surface area contributed by atoms with Crippen LogP contribution in [0.1, 0.15) is 6.92 Å². The number of nitrogens with two attached hydrogens (primary N) is 1. The van der Waals surface area contributed by atoms with Crippen LogP contribution in [0.5, 0.6) is 0 Å². The van der Waals surface area contributed by atoms with E-state index in [1.165, 1.54) is 6.33 Å². The Labute approximate surface area is 195 Å². The van der Waals surface area contributed by atoms with E-state index in [-0.39, 0.29) is 5.91 Å². The van der Waals surface area contributed by atoms with Gasteiger partial charge in [0.05, 0.1) is 11.1 Å². The Morgan fingerprint density at radius 2 is 1.82 bits per heavy atom. The molecular weight excluding hydrogens is 428 g/mol. The second kappa shape index (κ2) is 8.28. The SMILES string of the molecule is C=C(C)C(=O)Nc1ccc(-c2c(-c3ccc(-n4cccn4)nc3)c3c(N)ncnc3n2C)cc1. The summed E-state index contributed by atoms with van der Waals surface area (Å²) in [6, 6.07) is 13.3. The molecule has 0 saturated heterocycles. The van der Waals surface area contributed by atoms with E-state index >= 15 is 0 Å². The van der Waals surface area contributed by atoms with Gasteiger partial charge in [-0.1, -0.05) is 18.7 Å². The Bertz CT molecular complexity index is 1510. The predicted octanol–water partition coefficient (Wildman–Crippen LogP) is 3.98. The molecule has 0 atom stereocenters. The number of hydrogen-bond acceptors (Lipinski definition) is 6. The minimum Gasteiger partial charge on any atom is -0.383 e. The number of aryl methyl sites for hydroxylation is 1. The smallest absolute Gasteiger partial charge is 0.250 e. The molecule has 0 saturated carbocycles. The molecule has 5 rings (SSSR count). The normalized spacial score (nSPS) is 11.0. The number of aromatic nitrogens is 6. The number of benzene rings is 1. The van der Waals surface area contributed by atoms with Gasteiger partial charge in [0.25, 0.3) is 5.91 Å². The van der Waals surface area contributed by atoms with E-state index in [0.29, 0.717) is 28.5 Å². The highest BCUT2D eigenvalue weighted by Gasteiger charge is 2.22. The van der Waals surface area contributed by atoms with Crippen LogP contribution in [-0.2, 0) is 11.8 Å². The van der Waals surface area contributed by atoms with Gasteiger partial charge in [0.2, 0.25) is 0 Å². The van der Waals surface area contributed by atoms with E-state index in [9.17, 15) is 4.79 Å². The number of hydrogen-bond donors (Lipinski definition) is 2. The Kier molecular flexibility index (Phi) is 5.14. The van der Waals surface area contributed by atoms with E-state index in [4.69, 9.17) is 5.73 Å². The summed E-state index contributed by atoms with van der Waals surface area (Å²) >= 11 is 0. The number of carbonyl (C=O) groups is 1. The van der Waals surface area contributed by atoms with Crippen molar-refractivity contribution in [2.45, 2.75) is 6.92 Å². The van der Waals surface area contributed by atoms with Crippen LogP contribution >= 0.6 is 0 Å². The summed E-state index contributed by atoms with van der Waals surface area (Å²) in [5.74, 6) is 0.880. The number of nitrogens with zero attached hydrogens (tertiary/aromatic N) is 6. The summed E-state index contributed by atoms with van der Waals surface area (Å²) in [7, 11) is 1.94. The molecule has 0 aliphatic rings. The van der Waals surface area contributed by atoms with Crippen molar-refractivity contribution in [1.82, 2.24) is 29.3 Å². The van der Waals surface area contributed by atoms with Crippen molar-refractivity contribution in [3.8, 4) is 28.2 Å². The summed E-state index contributed by atoms with van der Waals surface area (Å²) in [4.78, 5) is 25.3. The Morgan fingerprint density at radius 1 is 1.06 bits per heavy atom. The first kappa shape index (κ1) is 21.1. The molecule has 0 radical (unpaired) electrons. The third kappa shape index (κ3) is 3.58. The minimum absolute atomic E-state index is 0.218. The van der Waals surface area contributed by atoms with Crippen LogP contribution in [0.3, 0.4) is 0 Å². The second-order valence-electron chi connectivity index (χ2n) is 7.91. The largest absolute Gasteiger partial charge is 0.383 e. The predicted molar refractivity (Wildman–Crippen MR) is 132 cm³/mol. The summed E-state index contributed by atoms with van der Waals surface area (Å²) in [5.41, 5.74) is 11.8. The van der Waals surface area contributed by atoms with Crippen LogP contribution in [0.15, 0.2) is 79.5 Å². The second-order valence-corrected chi connectivity index (χ2v) is 7.91. The van der Waals surface area contributed by atoms with Gasteiger partial charge in [0, 0.05) is 48.0 Å². The van der Waals surface area contributed by atoms with E-state index < -0.39 is 0 Å². The molecule has 1 amide bonds. The molecule has 1 aromatic carbocycles. The zero-order valence-electron chi connectivity index (χ0n) is 18.7. The molecule has 168 valence electrons. The molecule has 9 heteroatoms. The Balaban J connectivity index is 1.65. The fourth-order valence-corrected chi connectivity index (χ4v) is 3.92. The number of fused-ring (bicyclic) bond motifs is 1. The van der Waals surface area contributed by atoms with Crippen molar-refractivity contribution in [2.24, 2.45) is 7.05 Å². The Morgan fingerprint density at radius 3 is 2.47 bits per heavy atom. The van der Waals surface area contributed by atoms with Crippen molar-refractivity contribution in [1.29, 1.82) is 0 Å². The van der Waals surface area contributed by atoms with Crippen LogP contribution in [0.25, 0.3) is 39.2 Å². The zero-order chi connectivity index (χ0) is 23.8. The van der Waals surface area contributed by atoms with Crippen molar-refractivity contribution in [3.05, 3.63) is 79.5 Å². The number of rotatable bonds is 5. The van der Waals surface area contributed by atoms with Gasteiger partial charge in [0.15, 0.2) is 5.82 Å². The topological polar surface area (TPSA) is 117 Å². The van der Waals surface area contributed by atoms with Gasteiger partial charge in [0.1, 0.15) is 17.8 Å². The van der Waals surface area contributed by atoms with Gasteiger partial charge >= 0.3 is 0 Å². The van der Waals surface area contributed by atoms with E-state index in [0.717, 1.165) is 27.8 Å². The highest BCUT2D eigenvalue weighted by atomic mass is 16.1. The monoisotopic (exact) mass is 450 g/mol. The van der Waals surface area contributed by atoms with Crippen molar-refractivity contribution in [2.75, 3.05) is 11.1 Å². The van der Waals surface area contributed by atoms with Crippen molar-refractivity contribution < 1.29 is 4.79 Å². The maximum atomic E-state index is 12.0. The lowest BCUT2D eigenvalue weighted by atomic mass is 10.00. The quantitative estimate of drug-likeness (QED) is 0.391. The van der Waals surface area contributed by atoms with Gasteiger partial charge in [-0.3, -0.25) is 4.79 Å². The Hall–Kier alpha value is -4.79. The van der Waals surface area contributed by atoms with E-state index in [2.05, 4.69) is 31.9 Å². The fourth-order valence-electron chi connectivity index (χ4n) is 3.92. The summed E-state index contributed by atoms with van der Waals surface area (Å²) in [5, 5.41) is 7.82. The van der Waals surface area contributed by atoms with Gasteiger partial charge in [-0.25, -0.2) is 19.6 Å². The maximum Gasteiger partial charge on any atom is 0.250 e. The third-order valence-corrected chi connectivity index (χ3v) is 5.58. The van der Waals surface area contributed by atoms with E-state index in [1.54, 1.807) is 24.0 Å². The average Bonchev–Trinajstić information content (AvgIpc) is 3.47. The molecule has 0 aliphatic heterocycles. The molecule has 4 aromatic heterocycles. The van der Waals surface area contributed by atoms with Crippen molar-refractivity contribution in [3.63, 3.8) is 0 Å². The lowest BCUT2D eigenvalue weighted by Gasteiger charge is -2.11. The minimum atomic E-state index is -0.218. The lowest BCUT2D eigenvalue weighted by molar-refractivity contribution is -0.112. The summed E-state index contributed by atoms with van der Waals surface area (Å²) < 4.78 is 3.69. The molecule has 9 nitrogen and oxygen atoms in total. The van der Waals surface area contributed by atoms with Gasteiger partial charge in [-0.2, -0.15) is 5.10 Å². The molecule has 34 heavy (non-hydrogen) atoms. The highest BCUT2D eigenvalue weighted by molar-refractivity contribution is 6.08. The molecule has 4 heterocycles. The molecule has 0 fully saturated rings. The van der Waals surface area contributed by atoms with Gasteiger partial charge in [-0.15, -0.1) is 0 Å². The lowest BCUT2D eigenvalue weighted by Crippen LogP contribution is -2.11. The number of anilines is 2. The van der Waals surface area contributed by atoms with Gasteiger partial charge < -0.3 is 15.6 Å². The molecule has 3 N–H and O–H groups in total. The fraction of sp³-hybridized carbons (Fsp3) is 0.0800. The first-order valence-electron chi connectivity index (χ1n) is 10.6. The van der Waals surface area contributed by atoms with Crippen LogP contribution in [0, 0.1) is 0 Å². The average molecular weight is 451 g/mol. The molecular formula is C25H22N8O. The standard InChI is InChI=1S/C25H22N8O/c1-15(2)25(34)31-18-8-5-16(6-9-18)22-20(21-23(26)28-14-29-24(21)32(22)3)17-7-10-19(27-13-17)33-12-4-11-30-33/h4-14H,1H2,2-3H3,(H,31,34)(H2,26,28,29). The first-order chi connectivity index (χ1) is 16.4. The maximum absolute atomic E-state index is 12.0. The van der Waals surface area contributed by atoms with Crippen molar-refractivity contribution >= 4 is 28.4 Å². The number of pyridine rings is 1. The van der Waals surface area contributed by atoms with Gasteiger partial charge in [-0.05, 0) is 42.8 Å². The molecule has 0 aliphatic carbocycles. The van der Waals surface area contributed by atoms with Crippen LogP contribution in [0.4, 0.5) is 11.5 Å². The van der Waals surface area contributed by atoms with Crippen LogP contribution < -0.4 is 11.1 Å². The van der Waals surface area contributed by atoms with E-state index in [1.807, 2.05) is 60.3 Å². The van der Waals surface area contributed by atoms with Crippen LogP contribution in [-0.4, -0.2) is 35.2 Å². The number of amides is 1. The van der Waals surface area contributed by atoms with Crippen LogP contribution in [0.2, 0.25) is 0 Å². The molecule has 0 unspecified atom stereocenters. The molecule has 5 aromatic rings. The first-order valence-corrected chi connectivity index (χ1v) is 10.6. The molecule has 0 spiro atoms. The summed E-state index contributed by atoms with van der Waals surface area (Å²) in [6.45, 7) is 5.35. The zero-order valence-corrected chi connectivity index (χ0v) is 18.7. The number of carbonyl (C=O) groups excluding carboxylic acids is 1. The highest BCUT2D eigenvalue weighted by Crippen LogP contribution is 2.41. The third-order valence-electron chi connectivity index (χ3n) is 5.58. The summed E-state index contributed by atoms with van der Waals surface area (Å²) in [6.07, 6.45) is 6.80.